The van der Waals surface area contributed by atoms with E-state index >= 15 is 0 Å². The molecular weight excluding hydrogens is 382 g/mol. The van der Waals surface area contributed by atoms with Gasteiger partial charge in [0, 0.05) is 32.6 Å². The van der Waals surface area contributed by atoms with E-state index in [9.17, 15) is 9.59 Å². The highest BCUT2D eigenvalue weighted by atomic mass is 32.1. The predicted molar refractivity (Wildman–Crippen MR) is 117 cm³/mol. The van der Waals surface area contributed by atoms with Gasteiger partial charge in [0.05, 0.1) is 10.2 Å². The van der Waals surface area contributed by atoms with Crippen LogP contribution >= 0.6 is 11.3 Å². The number of fused-ring (bicyclic) bond motifs is 1. The molecule has 0 spiro atoms. The van der Waals surface area contributed by atoms with Gasteiger partial charge in [-0.05, 0) is 41.8 Å². The molecule has 152 valence electrons. The van der Waals surface area contributed by atoms with Crippen molar-refractivity contribution in [1.29, 1.82) is 0 Å². The summed E-state index contributed by atoms with van der Waals surface area (Å²) < 4.78 is 3.11. The van der Waals surface area contributed by atoms with Crippen LogP contribution in [-0.4, -0.2) is 40.9 Å². The van der Waals surface area contributed by atoms with Gasteiger partial charge in [-0.3, -0.25) is 9.59 Å². The molecule has 1 atom stereocenters. The van der Waals surface area contributed by atoms with Crippen molar-refractivity contribution in [3.8, 4) is 0 Å². The molecule has 4 rings (SSSR count). The minimum absolute atomic E-state index is 0.0149. The van der Waals surface area contributed by atoms with Crippen molar-refractivity contribution in [2.24, 2.45) is 13.0 Å². The Hall–Kier alpha value is -2.60. The standard InChI is InChI=1S/C23H27N3O2S/c1-16(17-6-4-3-5-7-17)15-24-22(27)18-8-11-26(12-9-18)23(28)20-14-21-19(25(20)2)10-13-29-21/h3-7,10,13-14,16,18H,8-9,11-12,15H2,1-2H3,(H,24,27)/t16-/m1/s1. The maximum absolute atomic E-state index is 12.9. The van der Waals surface area contributed by atoms with Gasteiger partial charge in [0.2, 0.25) is 5.91 Å². The highest BCUT2D eigenvalue weighted by molar-refractivity contribution is 7.17. The second-order valence-corrected chi connectivity index (χ2v) is 8.83. The summed E-state index contributed by atoms with van der Waals surface area (Å²) in [6.07, 6.45) is 1.44. The number of benzene rings is 1. The van der Waals surface area contributed by atoms with E-state index in [1.165, 1.54) is 5.56 Å². The summed E-state index contributed by atoms with van der Waals surface area (Å²) in [5.74, 6) is 0.443. The lowest BCUT2D eigenvalue weighted by atomic mass is 9.95. The Morgan fingerprint density at radius 3 is 2.59 bits per heavy atom. The lowest BCUT2D eigenvalue weighted by molar-refractivity contribution is -0.126. The van der Waals surface area contributed by atoms with Crippen LogP contribution in [0.3, 0.4) is 0 Å². The quantitative estimate of drug-likeness (QED) is 0.692. The van der Waals surface area contributed by atoms with Gasteiger partial charge in [-0.25, -0.2) is 0 Å². The molecule has 3 heterocycles. The fourth-order valence-electron chi connectivity index (χ4n) is 4.06. The Bertz CT molecular complexity index is 1000. The minimum Gasteiger partial charge on any atom is -0.355 e. The molecule has 1 aromatic carbocycles. The first kappa shape index (κ1) is 19.7. The van der Waals surface area contributed by atoms with E-state index in [2.05, 4.69) is 24.4 Å². The number of piperidine rings is 1. The monoisotopic (exact) mass is 409 g/mol. The van der Waals surface area contributed by atoms with Crippen LogP contribution in [0, 0.1) is 5.92 Å². The van der Waals surface area contributed by atoms with Crippen molar-refractivity contribution in [2.75, 3.05) is 19.6 Å². The zero-order valence-corrected chi connectivity index (χ0v) is 17.7. The summed E-state index contributed by atoms with van der Waals surface area (Å²) in [5, 5.41) is 5.15. The van der Waals surface area contributed by atoms with Crippen molar-refractivity contribution in [3.05, 3.63) is 59.1 Å². The van der Waals surface area contributed by atoms with E-state index in [4.69, 9.17) is 0 Å². The van der Waals surface area contributed by atoms with E-state index in [-0.39, 0.29) is 23.7 Å². The van der Waals surface area contributed by atoms with Crippen LogP contribution in [0.25, 0.3) is 10.2 Å². The van der Waals surface area contributed by atoms with E-state index < -0.39 is 0 Å². The van der Waals surface area contributed by atoms with Gasteiger partial charge in [0.25, 0.3) is 5.91 Å². The average molecular weight is 410 g/mol. The van der Waals surface area contributed by atoms with Crippen LogP contribution in [0.15, 0.2) is 47.8 Å². The van der Waals surface area contributed by atoms with Gasteiger partial charge in [-0.2, -0.15) is 0 Å². The molecule has 2 aromatic heterocycles. The number of nitrogens with zero attached hydrogens (tertiary/aromatic N) is 2. The number of thiophene rings is 1. The SMILES string of the molecule is C[C@H](CNC(=O)C1CCN(C(=O)c2cc3sccc3n2C)CC1)c1ccccc1. The number of aromatic nitrogens is 1. The normalized spacial score (nSPS) is 16.1. The summed E-state index contributed by atoms with van der Waals surface area (Å²) in [6, 6.07) is 14.3. The number of nitrogens with one attached hydrogen (secondary N) is 1. The number of carbonyl (C=O) groups is 2. The highest BCUT2D eigenvalue weighted by Crippen LogP contribution is 2.26. The van der Waals surface area contributed by atoms with Gasteiger partial charge < -0.3 is 14.8 Å². The number of aryl methyl sites for hydroxylation is 1. The first-order valence-electron chi connectivity index (χ1n) is 10.2. The summed E-state index contributed by atoms with van der Waals surface area (Å²) in [4.78, 5) is 27.4. The summed E-state index contributed by atoms with van der Waals surface area (Å²) in [5.41, 5.74) is 3.06. The molecule has 1 aliphatic rings. The number of carbonyl (C=O) groups excluding carboxylic acids is 2. The zero-order valence-electron chi connectivity index (χ0n) is 16.9. The smallest absolute Gasteiger partial charge is 0.270 e. The third-order valence-electron chi connectivity index (χ3n) is 5.99. The molecule has 1 saturated heterocycles. The second-order valence-electron chi connectivity index (χ2n) is 7.88. The fraction of sp³-hybridized carbons (Fsp3) is 0.391. The highest BCUT2D eigenvalue weighted by Gasteiger charge is 2.29. The minimum atomic E-state index is -0.0149. The zero-order chi connectivity index (χ0) is 20.4. The first-order valence-corrected chi connectivity index (χ1v) is 11.1. The summed E-state index contributed by atoms with van der Waals surface area (Å²) in [6.45, 7) is 4.03. The first-order chi connectivity index (χ1) is 14.0. The van der Waals surface area contributed by atoms with Crippen LogP contribution in [0.4, 0.5) is 0 Å². The molecule has 0 radical (unpaired) electrons. The van der Waals surface area contributed by atoms with Crippen LogP contribution in [0.1, 0.15) is 41.7 Å². The van der Waals surface area contributed by atoms with Crippen molar-refractivity contribution >= 4 is 33.4 Å². The molecule has 1 N–H and O–H groups in total. The largest absolute Gasteiger partial charge is 0.355 e. The van der Waals surface area contributed by atoms with Crippen molar-refractivity contribution in [2.45, 2.75) is 25.7 Å². The van der Waals surface area contributed by atoms with E-state index in [1.54, 1.807) is 11.3 Å². The Morgan fingerprint density at radius 1 is 1.17 bits per heavy atom. The van der Waals surface area contributed by atoms with E-state index in [0.717, 1.165) is 28.8 Å². The van der Waals surface area contributed by atoms with Crippen LogP contribution < -0.4 is 5.32 Å². The molecule has 0 saturated carbocycles. The van der Waals surface area contributed by atoms with Crippen LogP contribution in [0.2, 0.25) is 0 Å². The van der Waals surface area contributed by atoms with Gasteiger partial charge >= 0.3 is 0 Å². The molecule has 3 aromatic rings. The lowest BCUT2D eigenvalue weighted by Crippen LogP contribution is -2.43. The van der Waals surface area contributed by atoms with Crippen LogP contribution in [-0.2, 0) is 11.8 Å². The number of hydrogen-bond donors (Lipinski definition) is 1. The van der Waals surface area contributed by atoms with Gasteiger partial charge in [-0.1, -0.05) is 37.3 Å². The molecule has 0 aliphatic carbocycles. The molecule has 1 aliphatic heterocycles. The predicted octanol–water partition coefficient (Wildman–Crippen LogP) is 4.01. The topological polar surface area (TPSA) is 54.3 Å². The van der Waals surface area contributed by atoms with Crippen LogP contribution in [0.5, 0.6) is 0 Å². The third-order valence-corrected chi connectivity index (χ3v) is 6.84. The Balaban J connectivity index is 1.29. The molecule has 0 unspecified atom stereocenters. The van der Waals surface area contributed by atoms with Gasteiger partial charge in [-0.15, -0.1) is 11.3 Å². The number of amides is 2. The van der Waals surface area contributed by atoms with Crippen molar-refractivity contribution < 1.29 is 9.59 Å². The Labute approximate surface area is 175 Å². The molecular formula is C23H27N3O2S. The molecule has 0 bridgehead atoms. The summed E-state index contributed by atoms with van der Waals surface area (Å²) >= 11 is 1.65. The Morgan fingerprint density at radius 2 is 1.90 bits per heavy atom. The Kier molecular flexibility index (Phi) is 5.72. The maximum atomic E-state index is 12.9. The number of rotatable bonds is 5. The van der Waals surface area contributed by atoms with Crippen molar-refractivity contribution in [3.63, 3.8) is 0 Å². The number of hydrogen-bond acceptors (Lipinski definition) is 3. The molecule has 5 nitrogen and oxygen atoms in total. The molecule has 6 heteroatoms. The molecule has 1 fully saturated rings. The second kappa shape index (κ2) is 8.41. The van der Waals surface area contributed by atoms with Crippen molar-refractivity contribution in [1.82, 2.24) is 14.8 Å². The van der Waals surface area contributed by atoms with E-state index in [0.29, 0.717) is 19.6 Å². The molecule has 29 heavy (non-hydrogen) atoms. The van der Waals surface area contributed by atoms with Gasteiger partial charge in [0.1, 0.15) is 5.69 Å². The molecule has 2 amide bonds. The fourth-order valence-corrected chi connectivity index (χ4v) is 4.91. The lowest BCUT2D eigenvalue weighted by Gasteiger charge is -2.31. The summed E-state index contributed by atoms with van der Waals surface area (Å²) in [7, 11) is 1.94. The van der Waals surface area contributed by atoms with E-state index in [1.807, 2.05) is 52.2 Å². The maximum Gasteiger partial charge on any atom is 0.270 e. The average Bonchev–Trinajstić information content (AvgIpc) is 3.35. The third kappa shape index (κ3) is 4.08. The number of likely N-dealkylation sites (tertiary alicyclic amines) is 1. The van der Waals surface area contributed by atoms with Gasteiger partial charge in [0.15, 0.2) is 0 Å².